The molecule has 1 heterocycles. The average Bonchev–Trinajstić information content (AvgIpc) is 3.07. The predicted molar refractivity (Wildman–Crippen MR) is 196 cm³/mol. The minimum atomic E-state index is -1.42. The third kappa shape index (κ3) is 19.8. The zero-order valence-corrected chi connectivity index (χ0v) is 31.4. The van der Waals surface area contributed by atoms with E-state index in [1.54, 1.807) is 4.90 Å². The maximum Gasteiger partial charge on any atom is 0.237 e. The van der Waals surface area contributed by atoms with Crippen LogP contribution in [0.4, 0.5) is 0 Å². The summed E-state index contributed by atoms with van der Waals surface area (Å²) >= 11 is 0. The van der Waals surface area contributed by atoms with Crippen LogP contribution in [0.5, 0.6) is 0 Å². The van der Waals surface area contributed by atoms with Gasteiger partial charge in [-0.3, -0.25) is 9.59 Å². The summed E-state index contributed by atoms with van der Waals surface area (Å²) in [6.45, 7) is 5.95. The van der Waals surface area contributed by atoms with Crippen molar-refractivity contribution in [1.82, 2.24) is 10.2 Å². The summed E-state index contributed by atoms with van der Waals surface area (Å²) in [7, 11) is 0. The monoisotopic (exact) mass is 684 g/mol. The van der Waals surface area contributed by atoms with Crippen LogP contribution in [-0.4, -0.2) is 81.8 Å². The molecule has 0 aromatic carbocycles. The van der Waals surface area contributed by atoms with Crippen molar-refractivity contribution in [3.8, 4) is 0 Å². The smallest absolute Gasteiger partial charge is 0.237 e. The van der Waals surface area contributed by atoms with E-state index in [2.05, 4.69) is 19.2 Å². The third-order valence-corrected chi connectivity index (χ3v) is 10.00. The number of nitrogens with one attached hydrogen (secondary N) is 1. The highest BCUT2D eigenvalue weighted by Crippen LogP contribution is 2.26. The predicted octanol–water partition coefficient (Wildman–Crippen LogP) is 7.27. The van der Waals surface area contributed by atoms with Crippen LogP contribution in [0, 0.1) is 0 Å². The number of nitrogens with zero attached hydrogens (tertiary/aromatic N) is 1. The number of rotatable bonds is 31. The molecule has 1 aliphatic rings. The third-order valence-electron chi connectivity index (χ3n) is 10.00. The van der Waals surface area contributed by atoms with Crippen molar-refractivity contribution >= 4 is 11.8 Å². The molecule has 1 fully saturated rings. The van der Waals surface area contributed by atoms with Gasteiger partial charge in [-0.25, -0.2) is 0 Å². The molecule has 0 aromatic heterocycles. The lowest BCUT2D eigenvalue weighted by Crippen LogP contribution is -2.69. The molecular formula is C39H77N3O6. The van der Waals surface area contributed by atoms with Crippen LogP contribution in [0.2, 0.25) is 0 Å². The number of unbranched alkanes of at least 4 members (excludes halogenated alkanes) is 23. The quantitative estimate of drug-likeness (QED) is 0.0483. The maximum atomic E-state index is 13.7. The van der Waals surface area contributed by atoms with Crippen LogP contribution in [0.1, 0.15) is 188 Å². The van der Waals surface area contributed by atoms with Gasteiger partial charge in [0.15, 0.2) is 6.23 Å². The van der Waals surface area contributed by atoms with Crippen molar-refractivity contribution in [2.24, 2.45) is 5.73 Å². The molecule has 9 nitrogen and oxygen atoms in total. The first-order chi connectivity index (χ1) is 23.3. The van der Waals surface area contributed by atoms with Gasteiger partial charge in [-0.05, 0) is 19.8 Å². The summed E-state index contributed by atoms with van der Waals surface area (Å²) < 4.78 is 6.06. The maximum absolute atomic E-state index is 13.7. The Balaban J connectivity index is 2.64. The fourth-order valence-corrected chi connectivity index (χ4v) is 6.77. The number of carbonyl (C=O) groups is 2. The molecule has 2 amide bonds. The van der Waals surface area contributed by atoms with Crippen molar-refractivity contribution in [3.63, 3.8) is 0 Å². The number of hydrogen-bond donors (Lipinski definition) is 5. The molecule has 1 aliphatic heterocycles. The molecule has 48 heavy (non-hydrogen) atoms. The number of carbonyl (C=O) groups excluding carboxylic acids is 2. The first-order valence-corrected chi connectivity index (χ1v) is 20.3. The molecule has 0 radical (unpaired) electrons. The summed E-state index contributed by atoms with van der Waals surface area (Å²) in [5.74, 6) is -0.595. The molecule has 1 saturated heterocycles. The van der Waals surface area contributed by atoms with Crippen LogP contribution in [0.15, 0.2) is 0 Å². The van der Waals surface area contributed by atoms with Crippen molar-refractivity contribution in [2.75, 3.05) is 13.2 Å². The van der Waals surface area contributed by atoms with E-state index in [0.29, 0.717) is 13.0 Å². The van der Waals surface area contributed by atoms with Gasteiger partial charge in [0.1, 0.15) is 24.4 Å². The molecule has 9 heteroatoms. The van der Waals surface area contributed by atoms with Crippen molar-refractivity contribution in [1.29, 1.82) is 0 Å². The summed E-state index contributed by atoms with van der Waals surface area (Å²) in [6, 6.07) is -1.90. The summed E-state index contributed by atoms with van der Waals surface area (Å²) in [6.07, 6.45) is 25.9. The second-order valence-corrected chi connectivity index (χ2v) is 14.5. The van der Waals surface area contributed by atoms with E-state index in [0.717, 1.165) is 38.5 Å². The van der Waals surface area contributed by atoms with Crippen LogP contribution in [0.3, 0.4) is 0 Å². The normalized spacial score (nSPS) is 21.7. The molecule has 284 valence electrons. The van der Waals surface area contributed by atoms with Gasteiger partial charge < -0.3 is 36.0 Å². The van der Waals surface area contributed by atoms with Crippen LogP contribution in [0.25, 0.3) is 0 Å². The van der Waals surface area contributed by atoms with E-state index in [1.807, 2.05) is 0 Å². The van der Waals surface area contributed by atoms with Gasteiger partial charge in [0.2, 0.25) is 11.8 Å². The van der Waals surface area contributed by atoms with Gasteiger partial charge >= 0.3 is 0 Å². The van der Waals surface area contributed by atoms with Gasteiger partial charge in [-0.2, -0.15) is 0 Å². The molecular weight excluding hydrogens is 606 g/mol. The first-order valence-electron chi connectivity index (χ1n) is 20.3. The Morgan fingerprint density at radius 1 is 0.667 bits per heavy atom. The van der Waals surface area contributed by atoms with Gasteiger partial charge in [-0.1, -0.05) is 162 Å². The zero-order valence-electron chi connectivity index (χ0n) is 31.4. The Hall–Kier alpha value is -1.26. The molecule has 0 unspecified atom stereocenters. The lowest BCUT2D eigenvalue weighted by Gasteiger charge is -2.47. The van der Waals surface area contributed by atoms with Crippen molar-refractivity contribution < 1.29 is 29.6 Å². The topological polar surface area (TPSA) is 145 Å². The largest absolute Gasteiger partial charge is 0.394 e. The Bertz CT molecular complexity index is 785. The highest BCUT2D eigenvalue weighted by atomic mass is 16.5. The molecule has 0 saturated carbocycles. The summed E-state index contributed by atoms with van der Waals surface area (Å²) in [5.41, 5.74) is 5.80. The number of aliphatic hydroxyl groups excluding tert-OH is 3. The van der Waals surface area contributed by atoms with Gasteiger partial charge in [0.25, 0.3) is 0 Å². The number of ether oxygens (including phenoxy) is 1. The van der Waals surface area contributed by atoms with Crippen molar-refractivity contribution in [2.45, 2.75) is 224 Å². The number of aliphatic hydroxyl groups is 3. The van der Waals surface area contributed by atoms with Gasteiger partial charge in [0, 0.05) is 13.0 Å². The highest BCUT2D eigenvalue weighted by molar-refractivity contribution is 5.81. The zero-order chi connectivity index (χ0) is 35.4. The Kier molecular flexibility index (Phi) is 27.5. The minimum Gasteiger partial charge on any atom is -0.394 e. The van der Waals surface area contributed by atoms with E-state index >= 15 is 0 Å². The number of hydrogen-bond acceptors (Lipinski definition) is 7. The molecule has 0 aromatic rings. The van der Waals surface area contributed by atoms with E-state index in [1.165, 1.54) is 129 Å². The van der Waals surface area contributed by atoms with Crippen LogP contribution < -0.4 is 11.1 Å². The fraction of sp³-hybridized carbons (Fsp3) is 0.949. The average molecular weight is 684 g/mol. The lowest BCUT2D eigenvalue weighted by molar-refractivity contribution is -0.231. The Labute approximate surface area is 294 Å². The fourth-order valence-electron chi connectivity index (χ4n) is 6.77. The van der Waals surface area contributed by atoms with E-state index in [-0.39, 0.29) is 5.91 Å². The standard InChI is InChI=1S/C39H77N3O6/c1-4-6-8-10-12-14-16-17-18-20-22-24-26-28-30-42(34(44)29-27-25-23-21-19-15-13-11-9-7-5-2)39-35(41-38(47)32(3)40)37(46)36(45)33(31-43)48-39/h32-33,35-37,39,43,45-46H,4-31,40H2,1-3H3,(H,41,47)/t32-,33+,35+,36+,37+,39+/m0/s1. The molecule has 1 rings (SSSR count). The number of nitrogens with two attached hydrogens (primary N) is 1. The molecule has 0 aliphatic carbocycles. The number of amides is 2. The highest BCUT2D eigenvalue weighted by Gasteiger charge is 2.48. The van der Waals surface area contributed by atoms with E-state index in [9.17, 15) is 24.9 Å². The molecule has 0 bridgehead atoms. The SMILES string of the molecule is CCCCCCCCCCCCCCCCN(C(=O)CCCCCCCCCCCCC)[C@@H]1O[C@H](CO)[C@@H](O)[C@H](O)[C@H]1NC(=O)[C@H](C)N. The molecule has 6 atom stereocenters. The van der Waals surface area contributed by atoms with Crippen molar-refractivity contribution in [3.05, 3.63) is 0 Å². The van der Waals surface area contributed by atoms with E-state index < -0.39 is 49.1 Å². The lowest BCUT2D eigenvalue weighted by atomic mass is 9.94. The van der Waals surface area contributed by atoms with Crippen LogP contribution >= 0.6 is 0 Å². The summed E-state index contributed by atoms with van der Waals surface area (Å²) in [5, 5.41) is 34.2. The molecule has 0 spiro atoms. The first kappa shape index (κ1) is 44.8. The van der Waals surface area contributed by atoms with Gasteiger partial charge in [0.05, 0.1) is 12.6 Å². The van der Waals surface area contributed by atoms with Crippen LogP contribution in [-0.2, 0) is 14.3 Å². The minimum absolute atomic E-state index is 0.0917. The summed E-state index contributed by atoms with van der Waals surface area (Å²) in [4.78, 5) is 27.9. The second-order valence-electron chi connectivity index (χ2n) is 14.5. The van der Waals surface area contributed by atoms with Gasteiger partial charge in [-0.15, -0.1) is 0 Å². The van der Waals surface area contributed by atoms with E-state index in [4.69, 9.17) is 10.5 Å². The Morgan fingerprint density at radius 2 is 1.06 bits per heavy atom. The Morgan fingerprint density at radius 3 is 1.46 bits per heavy atom. The second kappa shape index (κ2) is 29.5. The molecule has 6 N–H and O–H groups in total.